The van der Waals surface area contributed by atoms with Gasteiger partial charge in [-0.15, -0.1) is 0 Å². The van der Waals surface area contributed by atoms with Crippen LogP contribution in [-0.4, -0.2) is 53.4 Å². The molecule has 2 aromatic rings. The molecule has 6 heteroatoms. The number of imidazole rings is 1. The maximum absolute atomic E-state index is 12.2. The fourth-order valence-electron chi connectivity index (χ4n) is 2.26. The normalized spacial score (nSPS) is 16.9. The van der Waals surface area contributed by atoms with E-state index in [4.69, 9.17) is 11.6 Å². The second kappa shape index (κ2) is 5.28. The molecule has 0 radical (unpaired) electrons. The molecule has 0 bridgehead atoms. The number of nitrogens with one attached hydrogen (secondary N) is 2. The first kappa shape index (κ1) is 12.6. The Kier molecular flexibility index (Phi) is 3.50. The molecule has 19 heavy (non-hydrogen) atoms. The molecule has 0 atom stereocenters. The van der Waals surface area contributed by atoms with Gasteiger partial charge in [-0.1, -0.05) is 11.6 Å². The molecule has 0 aliphatic carbocycles. The first-order chi connectivity index (χ1) is 9.22. The first-order valence-electron chi connectivity index (χ1n) is 6.34. The average Bonchev–Trinajstić information content (AvgIpc) is 2.83. The number of halogens is 1. The van der Waals surface area contributed by atoms with Crippen molar-refractivity contribution in [1.82, 2.24) is 20.2 Å². The van der Waals surface area contributed by atoms with Gasteiger partial charge in [0.05, 0.1) is 17.6 Å². The molecule has 2 N–H and O–H groups in total. The lowest BCUT2D eigenvalue weighted by molar-refractivity contribution is 0.0912. The molecule has 0 spiro atoms. The number of piperazine rings is 1. The standard InChI is InChI=1S/C13H15ClN4O/c14-9-1-2-10-11(7-9)17-13(16-10)12(19)8-18-5-3-15-4-6-18/h1-2,7,15H,3-6,8H2,(H,16,17). The van der Waals surface area contributed by atoms with E-state index in [1.807, 2.05) is 6.07 Å². The molecule has 100 valence electrons. The number of hydrogen-bond donors (Lipinski definition) is 2. The Labute approximate surface area is 116 Å². The summed E-state index contributed by atoms with van der Waals surface area (Å²) in [6.45, 7) is 4.08. The highest BCUT2D eigenvalue weighted by atomic mass is 35.5. The Morgan fingerprint density at radius 3 is 2.95 bits per heavy atom. The van der Waals surface area contributed by atoms with Crippen molar-refractivity contribution in [3.05, 3.63) is 29.0 Å². The average molecular weight is 279 g/mol. The number of aromatic nitrogens is 2. The Morgan fingerprint density at radius 2 is 2.16 bits per heavy atom. The van der Waals surface area contributed by atoms with E-state index < -0.39 is 0 Å². The van der Waals surface area contributed by atoms with Gasteiger partial charge in [0.25, 0.3) is 0 Å². The predicted molar refractivity (Wildman–Crippen MR) is 74.7 cm³/mol. The minimum atomic E-state index is 0.0224. The number of hydrogen-bond acceptors (Lipinski definition) is 4. The van der Waals surface area contributed by atoms with Gasteiger partial charge in [-0.3, -0.25) is 9.69 Å². The fraction of sp³-hybridized carbons (Fsp3) is 0.385. The molecule has 1 aliphatic heterocycles. The van der Waals surface area contributed by atoms with Gasteiger partial charge in [-0.05, 0) is 18.2 Å². The molecule has 3 rings (SSSR count). The van der Waals surface area contributed by atoms with Crippen LogP contribution in [0.2, 0.25) is 5.02 Å². The second-order valence-corrected chi connectivity index (χ2v) is 5.13. The SMILES string of the molecule is O=C(CN1CCNCC1)c1nc2ccc(Cl)cc2[nH]1. The number of carbonyl (C=O) groups excluding carboxylic acids is 1. The van der Waals surface area contributed by atoms with Crippen molar-refractivity contribution in [3.8, 4) is 0 Å². The molecular weight excluding hydrogens is 264 g/mol. The van der Waals surface area contributed by atoms with Crippen LogP contribution in [0.15, 0.2) is 18.2 Å². The minimum Gasteiger partial charge on any atom is -0.335 e. The summed E-state index contributed by atoms with van der Waals surface area (Å²) < 4.78 is 0. The molecule has 5 nitrogen and oxygen atoms in total. The van der Waals surface area contributed by atoms with Crippen LogP contribution in [0.4, 0.5) is 0 Å². The van der Waals surface area contributed by atoms with Gasteiger partial charge in [0, 0.05) is 31.2 Å². The Bertz CT molecular complexity index is 604. The van der Waals surface area contributed by atoms with Gasteiger partial charge < -0.3 is 10.3 Å². The number of nitrogens with zero attached hydrogens (tertiary/aromatic N) is 2. The van der Waals surface area contributed by atoms with E-state index in [2.05, 4.69) is 20.2 Å². The van der Waals surface area contributed by atoms with Crippen molar-refractivity contribution in [2.45, 2.75) is 0 Å². The van der Waals surface area contributed by atoms with Crippen molar-refractivity contribution in [3.63, 3.8) is 0 Å². The highest BCUT2D eigenvalue weighted by molar-refractivity contribution is 6.31. The summed E-state index contributed by atoms with van der Waals surface area (Å²) in [4.78, 5) is 21.7. The van der Waals surface area contributed by atoms with Gasteiger partial charge in [0.2, 0.25) is 5.78 Å². The second-order valence-electron chi connectivity index (χ2n) is 4.70. The van der Waals surface area contributed by atoms with Gasteiger partial charge in [-0.2, -0.15) is 0 Å². The summed E-state index contributed by atoms with van der Waals surface area (Å²) >= 11 is 5.92. The quantitative estimate of drug-likeness (QED) is 0.831. The molecule has 0 unspecified atom stereocenters. The lowest BCUT2D eigenvalue weighted by Crippen LogP contribution is -2.45. The Balaban J connectivity index is 1.77. The lowest BCUT2D eigenvalue weighted by Gasteiger charge is -2.25. The summed E-state index contributed by atoms with van der Waals surface area (Å²) in [5.41, 5.74) is 1.57. The molecule has 1 aromatic carbocycles. The van der Waals surface area contributed by atoms with Crippen molar-refractivity contribution >= 4 is 28.4 Å². The molecule has 1 aliphatic rings. The maximum atomic E-state index is 12.2. The number of fused-ring (bicyclic) bond motifs is 1. The fourth-order valence-corrected chi connectivity index (χ4v) is 2.43. The number of aromatic amines is 1. The maximum Gasteiger partial charge on any atom is 0.211 e. The van der Waals surface area contributed by atoms with Crippen LogP contribution in [0.5, 0.6) is 0 Å². The van der Waals surface area contributed by atoms with Crippen LogP contribution in [0.1, 0.15) is 10.6 Å². The highest BCUT2D eigenvalue weighted by Gasteiger charge is 2.17. The van der Waals surface area contributed by atoms with Crippen LogP contribution in [0.25, 0.3) is 11.0 Å². The minimum absolute atomic E-state index is 0.0224. The van der Waals surface area contributed by atoms with Crippen LogP contribution < -0.4 is 5.32 Å². The number of Topliss-reactive ketones (excluding diaryl/α,β-unsaturated/α-hetero) is 1. The van der Waals surface area contributed by atoms with Crippen molar-refractivity contribution in [1.29, 1.82) is 0 Å². The molecule has 0 saturated carbocycles. The number of H-pyrrole nitrogens is 1. The third-order valence-electron chi connectivity index (χ3n) is 3.28. The van der Waals surface area contributed by atoms with Crippen LogP contribution in [0, 0.1) is 0 Å². The summed E-state index contributed by atoms with van der Waals surface area (Å²) in [5.74, 6) is 0.435. The summed E-state index contributed by atoms with van der Waals surface area (Å²) in [7, 11) is 0. The molecule has 0 amide bonds. The zero-order valence-corrected chi connectivity index (χ0v) is 11.2. The van der Waals surface area contributed by atoms with Crippen molar-refractivity contribution in [2.75, 3.05) is 32.7 Å². The molecule has 1 saturated heterocycles. The third kappa shape index (κ3) is 2.78. The summed E-state index contributed by atoms with van der Waals surface area (Å²) in [6.07, 6.45) is 0. The van der Waals surface area contributed by atoms with Gasteiger partial charge in [0.15, 0.2) is 5.82 Å². The van der Waals surface area contributed by atoms with Crippen LogP contribution in [0.3, 0.4) is 0 Å². The van der Waals surface area contributed by atoms with Crippen LogP contribution >= 0.6 is 11.6 Å². The first-order valence-corrected chi connectivity index (χ1v) is 6.72. The van der Waals surface area contributed by atoms with Gasteiger partial charge in [0.1, 0.15) is 0 Å². The monoisotopic (exact) mass is 278 g/mol. The topological polar surface area (TPSA) is 61.0 Å². The molecular formula is C13H15ClN4O. The number of ketones is 1. The summed E-state index contributed by atoms with van der Waals surface area (Å²) in [5, 5.41) is 3.90. The van der Waals surface area contributed by atoms with Gasteiger partial charge >= 0.3 is 0 Å². The Hall–Kier alpha value is -1.43. The van der Waals surface area contributed by atoms with E-state index in [1.165, 1.54) is 0 Å². The number of rotatable bonds is 3. The lowest BCUT2D eigenvalue weighted by atomic mass is 10.3. The predicted octanol–water partition coefficient (Wildman–Crippen LogP) is 1.30. The van der Waals surface area contributed by atoms with E-state index in [0.717, 1.165) is 37.2 Å². The van der Waals surface area contributed by atoms with Gasteiger partial charge in [-0.25, -0.2) is 4.98 Å². The highest BCUT2D eigenvalue weighted by Crippen LogP contribution is 2.17. The number of benzene rings is 1. The van der Waals surface area contributed by atoms with E-state index in [1.54, 1.807) is 12.1 Å². The number of carbonyl (C=O) groups is 1. The largest absolute Gasteiger partial charge is 0.335 e. The summed E-state index contributed by atoms with van der Waals surface area (Å²) in [6, 6.07) is 5.37. The smallest absolute Gasteiger partial charge is 0.211 e. The zero-order valence-electron chi connectivity index (χ0n) is 10.4. The van der Waals surface area contributed by atoms with E-state index in [-0.39, 0.29) is 5.78 Å². The van der Waals surface area contributed by atoms with Crippen LogP contribution in [-0.2, 0) is 0 Å². The van der Waals surface area contributed by atoms with E-state index >= 15 is 0 Å². The van der Waals surface area contributed by atoms with Crippen molar-refractivity contribution in [2.24, 2.45) is 0 Å². The van der Waals surface area contributed by atoms with E-state index in [9.17, 15) is 4.79 Å². The zero-order chi connectivity index (χ0) is 13.2. The molecule has 1 aromatic heterocycles. The Morgan fingerprint density at radius 1 is 1.37 bits per heavy atom. The van der Waals surface area contributed by atoms with Crippen molar-refractivity contribution < 1.29 is 4.79 Å². The molecule has 2 heterocycles. The van der Waals surface area contributed by atoms with E-state index in [0.29, 0.717) is 17.4 Å². The molecule has 1 fully saturated rings. The third-order valence-corrected chi connectivity index (χ3v) is 3.52.